The van der Waals surface area contributed by atoms with Gasteiger partial charge in [0.1, 0.15) is 0 Å². The summed E-state index contributed by atoms with van der Waals surface area (Å²) in [5.74, 6) is 0.0796. The Morgan fingerprint density at radius 1 is 0.710 bits per heavy atom. The first-order valence-electron chi connectivity index (χ1n) is 10.9. The highest BCUT2D eigenvalue weighted by Crippen LogP contribution is 2.18. The molecule has 0 fully saturated rings. The summed E-state index contributed by atoms with van der Waals surface area (Å²) >= 11 is 0. The van der Waals surface area contributed by atoms with E-state index < -0.39 is 0 Å². The molecule has 0 saturated carbocycles. The molecule has 0 atom stereocenters. The second-order valence-electron chi connectivity index (χ2n) is 8.49. The van der Waals surface area contributed by atoms with Crippen LogP contribution < -0.4 is 10.6 Å². The van der Waals surface area contributed by atoms with Crippen molar-refractivity contribution >= 4 is 23.2 Å². The minimum Gasteiger partial charge on any atom is -0.326 e. The lowest BCUT2D eigenvalue weighted by atomic mass is 10.0. The van der Waals surface area contributed by atoms with E-state index in [2.05, 4.69) is 20.4 Å². The topological polar surface area (TPSA) is 64.7 Å². The summed E-state index contributed by atoms with van der Waals surface area (Å²) in [4.78, 5) is 28.5. The highest BCUT2D eigenvalue weighted by molar-refractivity contribution is 5.91. The molecule has 2 aromatic rings. The van der Waals surface area contributed by atoms with Gasteiger partial charge in [-0.15, -0.1) is 0 Å². The van der Waals surface area contributed by atoms with E-state index in [0.717, 1.165) is 54.9 Å². The summed E-state index contributed by atoms with van der Waals surface area (Å²) in [6.45, 7) is 1.80. The lowest BCUT2D eigenvalue weighted by Gasteiger charge is -2.11. The van der Waals surface area contributed by atoms with Crippen LogP contribution in [0.5, 0.6) is 0 Å². The molecule has 2 rings (SSSR count). The van der Waals surface area contributed by atoms with Gasteiger partial charge < -0.3 is 20.4 Å². The van der Waals surface area contributed by atoms with Crippen molar-refractivity contribution < 1.29 is 9.59 Å². The quantitative estimate of drug-likeness (QED) is 0.543. The van der Waals surface area contributed by atoms with Gasteiger partial charge in [-0.2, -0.15) is 0 Å². The fourth-order valence-corrected chi connectivity index (χ4v) is 3.31. The molecule has 168 valence electrons. The van der Waals surface area contributed by atoms with Crippen LogP contribution in [-0.4, -0.2) is 62.9 Å². The van der Waals surface area contributed by atoms with Gasteiger partial charge in [0.2, 0.25) is 11.8 Å². The molecule has 0 heterocycles. The summed E-state index contributed by atoms with van der Waals surface area (Å²) in [7, 11) is 8.03. The predicted molar refractivity (Wildman–Crippen MR) is 129 cm³/mol. The van der Waals surface area contributed by atoms with E-state index in [-0.39, 0.29) is 11.8 Å². The second kappa shape index (κ2) is 12.9. The van der Waals surface area contributed by atoms with Crippen LogP contribution in [0.2, 0.25) is 0 Å². The molecule has 6 heteroatoms. The number of amides is 2. The van der Waals surface area contributed by atoms with Gasteiger partial charge in [0.05, 0.1) is 0 Å². The Labute approximate surface area is 186 Å². The third-order valence-corrected chi connectivity index (χ3v) is 4.85. The first-order chi connectivity index (χ1) is 14.8. The van der Waals surface area contributed by atoms with Crippen molar-refractivity contribution in [3.8, 4) is 0 Å². The van der Waals surface area contributed by atoms with Crippen molar-refractivity contribution in [3.05, 3.63) is 59.7 Å². The average molecular weight is 425 g/mol. The first-order valence-corrected chi connectivity index (χ1v) is 10.9. The van der Waals surface area contributed by atoms with Gasteiger partial charge in [-0.25, -0.2) is 0 Å². The summed E-state index contributed by atoms with van der Waals surface area (Å²) in [5.41, 5.74) is 3.86. The van der Waals surface area contributed by atoms with E-state index in [4.69, 9.17) is 0 Å². The normalized spacial score (nSPS) is 11.0. The molecule has 0 aliphatic rings. The van der Waals surface area contributed by atoms with Crippen molar-refractivity contribution in [2.24, 2.45) is 0 Å². The molecule has 2 N–H and O–H groups in total. The molecule has 0 aromatic heterocycles. The van der Waals surface area contributed by atoms with Gasteiger partial charge in [-0.05, 0) is 95.9 Å². The van der Waals surface area contributed by atoms with E-state index in [1.807, 2.05) is 76.7 Å². The van der Waals surface area contributed by atoms with Gasteiger partial charge in [0, 0.05) is 24.2 Å². The van der Waals surface area contributed by atoms with E-state index in [0.29, 0.717) is 12.8 Å². The van der Waals surface area contributed by atoms with Crippen molar-refractivity contribution in [2.75, 3.05) is 51.9 Å². The highest BCUT2D eigenvalue weighted by atomic mass is 16.2. The SMILES string of the molecule is CN(C)CCCC(=O)Nc1cccc(Cc2cccc(NC(=O)CCCN(C)C)c2)c1. The van der Waals surface area contributed by atoms with E-state index in [9.17, 15) is 9.59 Å². The molecule has 0 spiro atoms. The summed E-state index contributed by atoms with van der Waals surface area (Å²) in [5, 5.41) is 5.98. The first kappa shape index (κ1) is 24.6. The zero-order valence-electron chi connectivity index (χ0n) is 19.3. The Morgan fingerprint density at radius 2 is 1.13 bits per heavy atom. The Bertz CT molecular complexity index is 779. The van der Waals surface area contributed by atoms with Crippen LogP contribution in [0, 0.1) is 0 Å². The number of hydrogen-bond donors (Lipinski definition) is 2. The third-order valence-electron chi connectivity index (χ3n) is 4.85. The second-order valence-corrected chi connectivity index (χ2v) is 8.49. The van der Waals surface area contributed by atoms with Crippen molar-refractivity contribution in [1.29, 1.82) is 0 Å². The molecular formula is C25H36N4O2. The molecule has 0 aliphatic heterocycles. The Balaban J connectivity index is 1.90. The highest BCUT2D eigenvalue weighted by Gasteiger charge is 2.06. The smallest absolute Gasteiger partial charge is 0.224 e. The molecular weight excluding hydrogens is 388 g/mol. The lowest BCUT2D eigenvalue weighted by Crippen LogP contribution is -2.17. The van der Waals surface area contributed by atoms with Gasteiger partial charge in [-0.3, -0.25) is 9.59 Å². The fraction of sp³-hybridized carbons (Fsp3) is 0.440. The minimum absolute atomic E-state index is 0.0398. The average Bonchev–Trinajstić information content (AvgIpc) is 2.68. The van der Waals surface area contributed by atoms with E-state index in [1.54, 1.807) is 0 Å². The Morgan fingerprint density at radius 3 is 1.52 bits per heavy atom. The van der Waals surface area contributed by atoms with Gasteiger partial charge >= 0.3 is 0 Å². The van der Waals surface area contributed by atoms with Crippen molar-refractivity contribution in [1.82, 2.24) is 9.80 Å². The molecule has 0 aliphatic carbocycles. The van der Waals surface area contributed by atoms with Gasteiger partial charge in [0.15, 0.2) is 0 Å². The standard InChI is InChI=1S/C25H36N4O2/c1-28(2)15-7-13-24(30)26-22-11-5-9-20(18-22)17-21-10-6-12-23(19-21)27-25(31)14-8-16-29(3)4/h5-6,9-12,18-19H,7-8,13-17H2,1-4H3,(H,26,30)(H,27,31). The maximum absolute atomic E-state index is 12.2. The monoisotopic (exact) mass is 424 g/mol. The van der Waals surface area contributed by atoms with Crippen LogP contribution in [0.15, 0.2) is 48.5 Å². The zero-order valence-corrected chi connectivity index (χ0v) is 19.3. The van der Waals surface area contributed by atoms with E-state index in [1.165, 1.54) is 0 Å². The van der Waals surface area contributed by atoms with Crippen molar-refractivity contribution in [3.63, 3.8) is 0 Å². The molecule has 0 unspecified atom stereocenters. The van der Waals surface area contributed by atoms with Crippen LogP contribution in [0.25, 0.3) is 0 Å². The molecule has 2 aromatic carbocycles. The molecule has 31 heavy (non-hydrogen) atoms. The maximum Gasteiger partial charge on any atom is 0.224 e. The number of nitrogens with zero attached hydrogens (tertiary/aromatic N) is 2. The molecule has 0 radical (unpaired) electrons. The van der Waals surface area contributed by atoms with Crippen LogP contribution in [0.1, 0.15) is 36.8 Å². The number of carbonyl (C=O) groups is 2. The maximum atomic E-state index is 12.2. The van der Waals surface area contributed by atoms with Crippen LogP contribution >= 0.6 is 0 Å². The Kier molecular flexibility index (Phi) is 10.2. The van der Waals surface area contributed by atoms with Crippen LogP contribution in [-0.2, 0) is 16.0 Å². The number of nitrogens with one attached hydrogen (secondary N) is 2. The van der Waals surface area contributed by atoms with Gasteiger partial charge in [-0.1, -0.05) is 24.3 Å². The third kappa shape index (κ3) is 10.2. The predicted octanol–water partition coefficient (Wildman–Crippen LogP) is 3.84. The van der Waals surface area contributed by atoms with Gasteiger partial charge in [0.25, 0.3) is 0 Å². The van der Waals surface area contributed by atoms with Crippen LogP contribution in [0.4, 0.5) is 11.4 Å². The summed E-state index contributed by atoms with van der Waals surface area (Å²) in [6.07, 6.45) is 3.43. The number of carbonyl (C=O) groups excluding carboxylic acids is 2. The van der Waals surface area contributed by atoms with Crippen molar-refractivity contribution in [2.45, 2.75) is 32.1 Å². The zero-order chi connectivity index (χ0) is 22.6. The largest absolute Gasteiger partial charge is 0.326 e. The van der Waals surface area contributed by atoms with Crippen LogP contribution in [0.3, 0.4) is 0 Å². The number of anilines is 2. The number of rotatable bonds is 12. The molecule has 6 nitrogen and oxygen atoms in total. The van der Waals surface area contributed by atoms with E-state index >= 15 is 0 Å². The number of hydrogen-bond acceptors (Lipinski definition) is 4. The fourth-order valence-electron chi connectivity index (χ4n) is 3.31. The lowest BCUT2D eigenvalue weighted by molar-refractivity contribution is -0.117. The minimum atomic E-state index is 0.0398. The number of benzene rings is 2. The summed E-state index contributed by atoms with van der Waals surface area (Å²) in [6, 6.07) is 15.9. The molecule has 2 amide bonds. The molecule has 0 saturated heterocycles. The summed E-state index contributed by atoms with van der Waals surface area (Å²) < 4.78 is 0. The Hall–Kier alpha value is -2.70. The molecule has 0 bridgehead atoms.